The first-order chi connectivity index (χ1) is 10.5. The molecule has 0 unspecified atom stereocenters. The Morgan fingerprint density at radius 1 is 1.48 bits per heavy atom. The fourth-order valence-electron chi connectivity index (χ4n) is 2.40. The topological polar surface area (TPSA) is 54.7 Å². The normalized spacial score (nSPS) is 11.5. The van der Waals surface area contributed by atoms with Crippen LogP contribution in [0.4, 0.5) is 0 Å². The van der Waals surface area contributed by atoms with Gasteiger partial charge in [0.1, 0.15) is 0 Å². The summed E-state index contributed by atoms with van der Waals surface area (Å²) in [5.41, 5.74) is 2.40. The maximum atomic E-state index is 5.35. The number of rotatable bonds is 8. The molecule has 0 spiro atoms. The summed E-state index contributed by atoms with van der Waals surface area (Å²) in [5, 5.41) is 7.93. The Morgan fingerprint density at radius 3 is 2.74 bits per heavy atom. The van der Waals surface area contributed by atoms with E-state index in [2.05, 4.69) is 47.4 Å². The van der Waals surface area contributed by atoms with E-state index in [1.807, 2.05) is 25.7 Å². The first kappa shape index (κ1) is 22.2. The summed E-state index contributed by atoms with van der Waals surface area (Å²) in [4.78, 5) is 6.48. The van der Waals surface area contributed by atoms with Gasteiger partial charge in [-0.3, -0.25) is 9.67 Å². The van der Waals surface area contributed by atoms with Crippen LogP contribution < -0.4 is 5.32 Å². The summed E-state index contributed by atoms with van der Waals surface area (Å²) < 4.78 is 7.23. The fourth-order valence-corrected chi connectivity index (χ4v) is 2.40. The Hall–Kier alpha value is -0.830. The number of halogens is 1. The number of aliphatic imine (C=N–C) groups is 1. The predicted molar refractivity (Wildman–Crippen MR) is 107 cm³/mol. The lowest BCUT2D eigenvalue weighted by molar-refractivity contribution is 0.145. The average molecular weight is 437 g/mol. The molecule has 0 bridgehead atoms. The molecule has 134 valence electrons. The van der Waals surface area contributed by atoms with Gasteiger partial charge in [-0.05, 0) is 19.3 Å². The lowest BCUT2D eigenvalue weighted by atomic mass is 10.1. The highest BCUT2D eigenvalue weighted by Gasteiger charge is 2.14. The Balaban J connectivity index is 0.00000484. The second-order valence-electron chi connectivity index (χ2n) is 5.75. The van der Waals surface area contributed by atoms with E-state index < -0.39 is 0 Å². The van der Waals surface area contributed by atoms with Crippen molar-refractivity contribution in [3.8, 4) is 0 Å². The minimum absolute atomic E-state index is 0. The average Bonchev–Trinajstić information content (AvgIpc) is 2.83. The van der Waals surface area contributed by atoms with Gasteiger partial charge in [0.25, 0.3) is 0 Å². The maximum absolute atomic E-state index is 5.35. The van der Waals surface area contributed by atoms with Crippen molar-refractivity contribution in [3.05, 3.63) is 17.5 Å². The Morgan fingerprint density at radius 2 is 2.17 bits per heavy atom. The van der Waals surface area contributed by atoms with Crippen LogP contribution in [-0.2, 0) is 18.3 Å². The molecule has 0 aliphatic heterocycles. The zero-order chi connectivity index (χ0) is 16.5. The quantitative estimate of drug-likeness (QED) is 0.294. The van der Waals surface area contributed by atoms with Crippen LogP contribution >= 0.6 is 24.0 Å². The lowest BCUT2D eigenvalue weighted by Gasteiger charge is -2.22. The maximum Gasteiger partial charge on any atom is 0.193 e. The van der Waals surface area contributed by atoms with Crippen LogP contribution in [0.1, 0.15) is 44.4 Å². The monoisotopic (exact) mass is 437 g/mol. The summed E-state index contributed by atoms with van der Waals surface area (Å²) in [6.07, 6.45) is 3.07. The minimum Gasteiger partial charge on any atom is -0.382 e. The molecular formula is C16H32IN5O. The van der Waals surface area contributed by atoms with Crippen molar-refractivity contribution in [3.63, 3.8) is 0 Å². The lowest BCUT2D eigenvalue weighted by Crippen LogP contribution is -2.39. The van der Waals surface area contributed by atoms with Crippen molar-refractivity contribution in [1.29, 1.82) is 0 Å². The third-order valence-electron chi connectivity index (χ3n) is 3.42. The van der Waals surface area contributed by atoms with Gasteiger partial charge in [-0.25, -0.2) is 0 Å². The smallest absolute Gasteiger partial charge is 0.193 e. The van der Waals surface area contributed by atoms with E-state index in [1.54, 1.807) is 0 Å². The van der Waals surface area contributed by atoms with E-state index >= 15 is 0 Å². The first-order valence-electron chi connectivity index (χ1n) is 8.01. The highest BCUT2D eigenvalue weighted by molar-refractivity contribution is 14.0. The summed E-state index contributed by atoms with van der Waals surface area (Å²) in [5.74, 6) is 1.32. The first-order valence-corrected chi connectivity index (χ1v) is 8.01. The number of hydrogen-bond acceptors (Lipinski definition) is 3. The van der Waals surface area contributed by atoms with Gasteiger partial charge in [-0.2, -0.15) is 5.10 Å². The second kappa shape index (κ2) is 11.7. The number of aromatic nitrogens is 2. The largest absolute Gasteiger partial charge is 0.382 e. The third-order valence-corrected chi connectivity index (χ3v) is 3.42. The van der Waals surface area contributed by atoms with Crippen LogP contribution in [0.25, 0.3) is 0 Å². The van der Waals surface area contributed by atoms with E-state index in [1.165, 1.54) is 5.56 Å². The molecule has 0 aromatic carbocycles. The van der Waals surface area contributed by atoms with Crippen LogP contribution in [-0.4, -0.2) is 54.5 Å². The molecule has 0 fully saturated rings. The van der Waals surface area contributed by atoms with E-state index in [0.29, 0.717) is 5.92 Å². The molecule has 1 aromatic heterocycles. The number of ether oxygens (including phenoxy) is 1. The van der Waals surface area contributed by atoms with Crippen LogP contribution in [0.2, 0.25) is 0 Å². The Bertz CT molecular complexity index is 473. The van der Waals surface area contributed by atoms with E-state index in [4.69, 9.17) is 4.74 Å². The molecular weight excluding hydrogens is 405 g/mol. The van der Waals surface area contributed by atoms with Crippen molar-refractivity contribution in [2.75, 3.05) is 33.9 Å². The molecule has 1 aromatic rings. The number of guanidine groups is 1. The predicted octanol–water partition coefficient (Wildman–Crippen LogP) is 2.60. The standard InChI is InChI=1S/C16H31N5O.HI/c1-7-22-10-8-9-18-16(17-4)20(5)11-14-12-21(6)19-15(14)13(2)3;/h12-13H,7-11H2,1-6H3,(H,17,18);1H. The van der Waals surface area contributed by atoms with E-state index in [9.17, 15) is 0 Å². The van der Waals surface area contributed by atoms with Gasteiger partial charge >= 0.3 is 0 Å². The van der Waals surface area contributed by atoms with Gasteiger partial charge < -0.3 is 15.0 Å². The molecule has 1 heterocycles. The number of hydrogen-bond donors (Lipinski definition) is 1. The summed E-state index contributed by atoms with van der Waals surface area (Å²) in [6, 6.07) is 0. The van der Waals surface area contributed by atoms with Crippen molar-refractivity contribution in [1.82, 2.24) is 20.0 Å². The summed E-state index contributed by atoms with van der Waals surface area (Å²) in [7, 11) is 5.83. The zero-order valence-electron chi connectivity index (χ0n) is 15.3. The van der Waals surface area contributed by atoms with Gasteiger partial charge in [0.2, 0.25) is 0 Å². The molecule has 0 aliphatic rings. The van der Waals surface area contributed by atoms with Crippen LogP contribution in [0, 0.1) is 0 Å². The van der Waals surface area contributed by atoms with Gasteiger partial charge in [0.15, 0.2) is 5.96 Å². The van der Waals surface area contributed by atoms with Gasteiger partial charge in [-0.15, -0.1) is 24.0 Å². The van der Waals surface area contributed by atoms with E-state index in [-0.39, 0.29) is 24.0 Å². The van der Waals surface area contributed by atoms with Gasteiger partial charge in [-0.1, -0.05) is 13.8 Å². The highest BCUT2D eigenvalue weighted by atomic mass is 127. The minimum atomic E-state index is 0. The van der Waals surface area contributed by atoms with Crippen LogP contribution in [0.5, 0.6) is 0 Å². The molecule has 0 saturated heterocycles. The van der Waals surface area contributed by atoms with Crippen LogP contribution in [0.3, 0.4) is 0 Å². The molecule has 23 heavy (non-hydrogen) atoms. The van der Waals surface area contributed by atoms with E-state index in [0.717, 1.165) is 44.4 Å². The molecule has 0 atom stereocenters. The second-order valence-corrected chi connectivity index (χ2v) is 5.75. The molecule has 7 heteroatoms. The van der Waals surface area contributed by atoms with Crippen molar-refractivity contribution in [2.24, 2.45) is 12.0 Å². The van der Waals surface area contributed by atoms with Crippen molar-refractivity contribution in [2.45, 2.75) is 39.7 Å². The molecule has 6 nitrogen and oxygen atoms in total. The molecule has 0 aliphatic carbocycles. The van der Waals surface area contributed by atoms with Gasteiger partial charge in [0, 0.05) is 59.2 Å². The zero-order valence-corrected chi connectivity index (χ0v) is 17.6. The molecule has 0 amide bonds. The highest BCUT2D eigenvalue weighted by Crippen LogP contribution is 2.18. The van der Waals surface area contributed by atoms with Crippen LogP contribution in [0.15, 0.2) is 11.2 Å². The summed E-state index contributed by atoms with van der Waals surface area (Å²) in [6.45, 7) is 9.57. The number of aryl methyl sites for hydroxylation is 1. The number of nitrogens with zero attached hydrogens (tertiary/aromatic N) is 4. The SMILES string of the molecule is CCOCCCNC(=NC)N(C)Cc1cn(C)nc1C(C)C.I. The summed E-state index contributed by atoms with van der Waals surface area (Å²) >= 11 is 0. The molecule has 0 saturated carbocycles. The molecule has 1 N–H and O–H groups in total. The van der Waals surface area contributed by atoms with Crippen molar-refractivity contribution >= 4 is 29.9 Å². The molecule has 0 radical (unpaired) electrons. The Kier molecular flexibility index (Phi) is 11.2. The van der Waals surface area contributed by atoms with Crippen molar-refractivity contribution < 1.29 is 4.74 Å². The van der Waals surface area contributed by atoms with Gasteiger partial charge in [0.05, 0.1) is 5.69 Å². The number of nitrogens with one attached hydrogen (secondary N) is 1. The molecule has 1 rings (SSSR count). The Labute approximate surface area is 157 Å². The fraction of sp³-hybridized carbons (Fsp3) is 0.750. The third kappa shape index (κ3) is 7.52.